The summed E-state index contributed by atoms with van der Waals surface area (Å²) in [6, 6.07) is 8.30. The summed E-state index contributed by atoms with van der Waals surface area (Å²) in [4.78, 5) is 48.6. The van der Waals surface area contributed by atoms with E-state index in [4.69, 9.17) is 10.5 Å². The number of H-pyrrole nitrogens is 1. The number of aromatic amines is 1. The van der Waals surface area contributed by atoms with E-state index in [1.165, 1.54) is 13.4 Å². The highest BCUT2D eigenvalue weighted by Gasteiger charge is 2.55. The fourth-order valence-corrected chi connectivity index (χ4v) is 3.76. The number of aromatic nitrogens is 2. The van der Waals surface area contributed by atoms with Gasteiger partial charge in [-0.3, -0.25) is 19.4 Å². The van der Waals surface area contributed by atoms with Crippen LogP contribution in [-0.4, -0.2) is 69.8 Å². The molecule has 30 heavy (non-hydrogen) atoms. The first-order valence-corrected chi connectivity index (χ1v) is 9.83. The first-order valence-electron chi connectivity index (χ1n) is 9.83. The van der Waals surface area contributed by atoms with Gasteiger partial charge in [0.25, 0.3) is 5.91 Å². The molecule has 3 rings (SSSR count). The summed E-state index contributed by atoms with van der Waals surface area (Å²) in [7, 11) is 3.05. The molecule has 9 nitrogen and oxygen atoms in total. The molecule has 2 atom stereocenters. The van der Waals surface area contributed by atoms with Gasteiger partial charge in [0.1, 0.15) is 6.61 Å². The standard InChI is InChI=1S/C21H27N5O4/c1-25-10-6-9-21(25,20(29)30-13-15-7-4-3-5-8-15)19(28)26(2)18(27)17(22)11-16-12-23-14-24-16/h3-5,7-8,12,14,17H,6,9-11,13,22H2,1-2H3,(H,23,24)/t17-,21-/m0/s1. The number of likely N-dealkylation sites (tertiary alicyclic amines) is 1. The van der Waals surface area contributed by atoms with Crippen LogP contribution in [0.1, 0.15) is 24.1 Å². The average molecular weight is 413 g/mol. The van der Waals surface area contributed by atoms with Crippen LogP contribution in [0.15, 0.2) is 42.9 Å². The number of carbonyl (C=O) groups excluding carboxylic acids is 3. The number of likely N-dealkylation sites (N-methyl/N-ethyl adjacent to an activating group) is 2. The molecule has 0 aliphatic carbocycles. The molecule has 0 radical (unpaired) electrons. The number of imidazole rings is 1. The maximum atomic E-state index is 13.4. The van der Waals surface area contributed by atoms with Gasteiger partial charge in [0.05, 0.1) is 12.4 Å². The second kappa shape index (κ2) is 9.19. The maximum Gasteiger partial charge on any atom is 0.336 e. The second-order valence-electron chi connectivity index (χ2n) is 7.54. The van der Waals surface area contributed by atoms with E-state index in [9.17, 15) is 14.4 Å². The van der Waals surface area contributed by atoms with Gasteiger partial charge in [-0.25, -0.2) is 9.78 Å². The van der Waals surface area contributed by atoms with Crippen LogP contribution < -0.4 is 5.73 Å². The quantitative estimate of drug-likeness (QED) is 0.500. The van der Waals surface area contributed by atoms with Crippen molar-refractivity contribution in [1.29, 1.82) is 0 Å². The van der Waals surface area contributed by atoms with Crippen molar-refractivity contribution in [3.05, 3.63) is 54.1 Å². The molecule has 1 aliphatic heterocycles. The lowest BCUT2D eigenvalue weighted by atomic mass is 9.94. The third-order valence-corrected chi connectivity index (χ3v) is 5.54. The minimum atomic E-state index is -1.53. The predicted octanol–water partition coefficient (Wildman–Crippen LogP) is 0.472. The normalized spacial score (nSPS) is 20.0. The molecule has 1 saturated heterocycles. The van der Waals surface area contributed by atoms with Crippen molar-refractivity contribution in [1.82, 2.24) is 19.8 Å². The average Bonchev–Trinajstić information content (AvgIpc) is 3.41. The van der Waals surface area contributed by atoms with Gasteiger partial charge in [-0.2, -0.15) is 0 Å². The number of ether oxygens (including phenoxy) is 1. The summed E-state index contributed by atoms with van der Waals surface area (Å²) >= 11 is 0. The monoisotopic (exact) mass is 413 g/mol. The Kier molecular flexibility index (Phi) is 6.63. The SMILES string of the molecule is CN(C(=O)[C@@H](N)Cc1cnc[nH]1)C(=O)[C@]1(C(=O)OCc2ccccc2)CCCN1C. The topological polar surface area (TPSA) is 122 Å². The highest BCUT2D eigenvalue weighted by atomic mass is 16.5. The molecular weight excluding hydrogens is 386 g/mol. The van der Waals surface area contributed by atoms with Crippen LogP contribution in [0.25, 0.3) is 0 Å². The highest BCUT2D eigenvalue weighted by molar-refractivity contribution is 6.13. The van der Waals surface area contributed by atoms with Crippen molar-refractivity contribution in [3.63, 3.8) is 0 Å². The van der Waals surface area contributed by atoms with E-state index in [0.29, 0.717) is 18.7 Å². The van der Waals surface area contributed by atoms with Crippen LogP contribution in [0.3, 0.4) is 0 Å². The molecule has 0 bridgehead atoms. The fourth-order valence-electron chi connectivity index (χ4n) is 3.76. The van der Waals surface area contributed by atoms with E-state index >= 15 is 0 Å². The van der Waals surface area contributed by atoms with E-state index in [2.05, 4.69) is 9.97 Å². The first kappa shape index (κ1) is 21.7. The Bertz CT molecular complexity index is 886. The number of rotatable bonds is 7. The minimum absolute atomic E-state index is 0.0551. The van der Waals surface area contributed by atoms with Crippen LogP contribution in [0, 0.1) is 0 Å². The van der Waals surface area contributed by atoms with Crippen LogP contribution in [-0.2, 0) is 32.1 Å². The molecule has 3 N–H and O–H groups in total. The summed E-state index contributed by atoms with van der Waals surface area (Å²) in [5, 5.41) is 0. The highest BCUT2D eigenvalue weighted by Crippen LogP contribution is 2.32. The van der Waals surface area contributed by atoms with E-state index < -0.39 is 29.4 Å². The van der Waals surface area contributed by atoms with E-state index in [1.54, 1.807) is 18.1 Å². The molecule has 1 aromatic carbocycles. The first-order chi connectivity index (χ1) is 14.4. The molecule has 9 heteroatoms. The molecule has 0 saturated carbocycles. The number of nitrogens with zero attached hydrogens (tertiary/aromatic N) is 3. The molecule has 0 spiro atoms. The van der Waals surface area contributed by atoms with E-state index in [1.807, 2.05) is 30.3 Å². The second-order valence-corrected chi connectivity index (χ2v) is 7.54. The Morgan fingerprint density at radius 3 is 2.67 bits per heavy atom. The Hall–Kier alpha value is -3.04. The molecule has 2 amide bonds. The van der Waals surface area contributed by atoms with Gasteiger partial charge in [-0.05, 0) is 32.0 Å². The Balaban J connectivity index is 1.74. The van der Waals surface area contributed by atoms with Crippen LogP contribution in [0.5, 0.6) is 0 Å². The van der Waals surface area contributed by atoms with Crippen molar-refractivity contribution in [3.8, 4) is 0 Å². The molecule has 2 aromatic rings. The van der Waals surface area contributed by atoms with Crippen molar-refractivity contribution < 1.29 is 19.1 Å². The minimum Gasteiger partial charge on any atom is -0.459 e. The van der Waals surface area contributed by atoms with Gasteiger partial charge in [-0.1, -0.05) is 30.3 Å². The third kappa shape index (κ3) is 4.27. The smallest absolute Gasteiger partial charge is 0.336 e. The summed E-state index contributed by atoms with van der Waals surface area (Å²) in [6.07, 6.45) is 4.20. The number of nitrogens with two attached hydrogens (primary N) is 1. The summed E-state index contributed by atoms with van der Waals surface area (Å²) in [6.45, 7) is 0.605. The van der Waals surface area contributed by atoms with Crippen molar-refractivity contribution in [2.24, 2.45) is 5.73 Å². The Morgan fingerprint density at radius 2 is 2.07 bits per heavy atom. The Labute approximate surface area is 175 Å². The zero-order valence-electron chi connectivity index (χ0n) is 17.2. The van der Waals surface area contributed by atoms with Crippen LogP contribution in [0.4, 0.5) is 0 Å². The predicted molar refractivity (Wildman–Crippen MR) is 109 cm³/mol. The summed E-state index contributed by atoms with van der Waals surface area (Å²) in [5.41, 5.74) is 5.98. The number of benzene rings is 1. The summed E-state index contributed by atoms with van der Waals surface area (Å²) < 4.78 is 5.50. The number of amides is 2. The van der Waals surface area contributed by atoms with Gasteiger partial charge in [0, 0.05) is 25.4 Å². The largest absolute Gasteiger partial charge is 0.459 e. The van der Waals surface area contributed by atoms with E-state index in [-0.39, 0.29) is 19.4 Å². The lowest BCUT2D eigenvalue weighted by Crippen LogP contribution is -2.62. The molecule has 1 aromatic heterocycles. The van der Waals surface area contributed by atoms with Gasteiger partial charge < -0.3 is 15.5 Å². The van der Waals surface area contributed by atoms with Crippen LogP contribution >= 0.6 is 0 Å². The molecule has 1 fully saturated rings. The van der Waals surface area contributed by atoms with Gasteiger partial charge >= 0.3 is 5.97 Å². The van der Waals surface area contributed by atoms with Crippen LogP contribution in [0.2, 0.25) is 0 Å². The number of hydrogen-bond donors (Lipinski definition) is 2. The zero-order valence-corrected chi connectivity index (χ0v) is 17.2. The van der Waals surface area contributed by atoms with Gasteiger partial charge in [0.15, 0.2) is 5.54 Å². The van der Waals surface area contributed by atoms with E-state index in [0.717, 1.165) is 10.5 Å². The summed E-state index contributed by atoms with van der Waals surface area (Å²) in [5.74, 6) is -1.84. The van der Waals surface area contributed by atoms with Crippen molar-refractivity contribution in [2.75, 3.05) is 20.6 Å². The molecular formula is C21H27N5O4. The molecule has 160 valence electrons. The zero-order chi connectivity index (χ0) is 21.7. The lowest BCUT2D eigenvalue weighted by molar-refractivity contribution is -0.167. The third-order valence-electron chi connectivity index (χ3n) is 5.54. The molecule has 0 unspecified atom stereocenters. The lowest BCUT2D eigenvalue weighted by Gasteiger charge is -2.35. The number of hydrogen-bond acceptors (Lipinski definition) is 7. The number of carbonyl (C=O) groups is 3. The van der Waals surface area contributed by atoms with Gasteiger partial charge in [0.2, 0.25) is 5.91 Å². The number of esters is 1. The number of nitrogens with one attached hydrogen (secondary N) is 1. The van der Waals surface area contributed by atoms with Crippen molar-refractivity contribution >= 4 is 17.8 Å². The fraction of sp³-hybridized carbons (Fsp3) is 0.429. The molecule has 1 aliphatic rings. The maximum absolute atomic E-state index is 13.4. The number of imide groups is 1. The van der Waals surface area contributed by atoms with Gasteiger partial charge in [-0.15, -0.1) is 0 Å². The molecule has 2 heterocycles. The van der Waals surface area contributed by atoms with Crippen molar-refractivity contribution in [2.45, 2.75) is 37.5 Å². The Morgan fingerprint density at radius 1 is 1.33 bits per heavy atom.